The first kappa shape index (κ1) is 16.3. The van der Waals surface area contributed by atoms with Crippen molar-refractivity contribution in [3.8, 4) is 0 Å². The topological polar surface area (TPSA) is 63.7 Å². The Morgan fingerprint density at radius 1 is 1.38 bits per heavy atom. The predicted molar refractivity (Wildman–Crippen MR) is 81.2 cm³/mol. The number of nitrogens with zero attached hydrogens (tertiary/aromatic N) is 1. The number of amides is 1. The van der Waals surface area contributed by atoms with Gasteiger partial charge in [0.2, 0.25) is 0 Å². The highest BCUT2D eigenvalue weighted by molar-refractivity contribution is 7.96. The summed E-state index contributed by atoms with van der Waals surface area (Å²) >= 11 is 0. The first-order valence-corrected chi connectivity index (χ1v) is 9.34. The first-order valence-electron chi connectivity index (χ1n) is 7.68. The maximum absolute atomic E-state index is 12.9. The summed E-state index contributed by atoms with van der Waals surface area (Å²) in [7, 11) is -3.53. The summed E-state index contributed by atoms with van der Waals surface area (Å²) in [6.45, 7) is 7.90. The Balaban J connectivity index is 2.35. The van der Waals surface area contributed by atoms with Gasteiger partial charge in [-0.2, -0.15) is 0 Å². The standard InChI is InChI=1S/C15H25NO4S/c1-5-10(2)11(3)16(13-6-7-13)15(17)14-12(4)20-8-9-21(14,18)19/h10-11,13H,5-9H2,1-4H3/t10-,11+/m1/s1. The summed E-state index contributed by atoms with van der Waals surface area (Å²) < 4.78 is 29.8. The van der Waals surface area contributed by atoms with E-state index >= 15 is 0 Å². The minimum atomic E-state index is -3.53. The highest BCUT2D eigenvalue weighted by Gasteiger charge is 2.43. The van der Waals surface area contributed by atoms with Gasteiger partial charge in [-0.3, -0.25) is 4.79 Å². The van der Waals surface area contributed by atoms with Gasteiger partial charge in [-0.15, -0.1) is 0 Å². The van der Waals surface area contributed by atoms with Crippen LogP contribution >= 0.6 is 0 Å². The number of sulfone groups is 1. The molecule has 6 heteroatoms. The number of allylic oxidation sites excluding steroid dienone is 1. The van der Waals surface area contributed by atoms with Gasteiger partial charge in [-0.1, -0.05) is 20.3 Å². The van der Waals surface area contributed by atoms with Crippen LogP contribution in [0.15, 0.2) is 10.7 Å². The van der Waals surface area contributed by atoms with Crippen molar-refractivity contribution in [2.45, 2.75) is 59.0 Å². The molecule has 0 radical (unpaired) electrons. The van der Waals surface area contributed by atoms with Crippen LogP contribution in [0, 0.1) is 5.92 Å². The number of ether oxygens (including phenoxy) is 1. The maximum atomic E-state index is 12.9. The lowest BCUT2D eigenvalue weighted by atomic mass is 9.99. The van der Waals surface area contributed by atoms with E-state index < -0.39 is 9.84 Å². The van der Waals surface area contributed by atoms with Crippen molar-refractivity contribution in [1.82, 2.24) is 4.90 Å². The summed E-state index contributed by atoms with van der Waals surface area (Å²) in [6, 6.07) is 0.214. The first-order chi connectivity index (χ1) is 9.79. The van der Waals surface area contributed by atoms with Gasteiger partial charge in [0, 0.05) is 12.1 Å². The Morgan fingerprint density at radius 3 is 2.48 bits per heavy atom. The molecule has 21 heavy (non-hydrogen) atoms. The molecule has 0 aromatic heterocycles. The van der Waals surface area contributed by atoms with Gasteiger partial charge in [0.1, 0.15) is 12.4 Å². The third kappa shape index (κ3) is 3.25. The molecule has 1 amide bonds. The van der Waals surface area contributed by atoms with E-state index in [2.05, 4.69) is 13.8 Å². The third-order valence-corrected chi connectivity index (χ3v) is 6.36. The van der Waals surface area contributed by atoms with Gasteiger partial charge in [0.15, 0.2) is 14.7 Å². The summed E-state index contributed by atoms with van der Waals surface area (Å²) in [5.74, 6) is 0.0974. The van der Waals surface area contributed by atoms with Crippen molar-refractivity contribution >= 4 is 15.7 Å². The lowest BCUT2D eigenvalue weighted by molar-refractivity contribution is -0.130. The Kier molecular flexibility index (Phi) is 4.66. The molecular weight excluding hydrogens is 290 g/mol. The molecule has 2 aliphatic rings. The van der Waals surface area contributed by atoms with E-state index in [0.717, 1.165) is 19.3 Å². The van der Waals surface area contributed by atoms with Crippen LogP contribution in [0.4, 0.5) is 0 Å². The molecule has 120 valence electrons. The molecule has 1 fully saturated rings. The zero-order chi connectivity index (χ0) is 15.8. The maximum Gasteiger partial charge on any atom is 0.269 e. The molecule has 1 saturated carbocycles. The monoisotopic (exact) mass is 315 g/mol. The Bertz CT molecular complexity index is 548. The van der Waals surface area contributed by atoms with E-state index in [9.17, 15) is 13.2 Å². The second-order valence-electron chi connectivity index (χ2n) is 6.12. The summed E-state index contributed by atoms with van der Waals surface area (Å²) in [4.78, 5) is 14.5. The van der Waals surface area contributed by atoms with E-state index in [-0.39, 0.29) is 41.0 Å². The second kappa shape index (κ2) is 5.99. The van der Waals surface area contributed by atoms with Crippen molar-refractivity contribution in [3.63, 3.8) is 0 Å². The fourth-order valence-corrected chi connectivity index (χ4v) is 4.12. The molecule has 2 atom stereocenters. The van der Waals surface area contributed by atoms with Crippen molar-refractivity contribution in [1.29, 1.82) is 0 Å². The summed E-state index contributed by atoms with van der Waals surface area (Å²) in [6.07, 6.45) is 2.87. The van der Waals surface area contributed by atoms with E-state index in [1.807, 2.05) is 6.92 Å². The van der Waals surface area contributed by atoms with Crippen molar-refractivity contribution in [2.75, 3.05) is 12.4 Å². The van der Waals surface area contributed by atoms with Crippen LogP contribution in [0.2, 0.25) is 0 Å². The lowest BCUT2D eigenvalue weighted by Gasteiger charge is -2.34. The Labute approximate surface area is 127 Å². The fraction of sp³-hybridized carbons (Fsp3) is 0.800. The van der Waals surface area contributed by atoms with Crippen LogP contribution in [0.5, 0.6) is 0 Å². The minimum Gasteiger partial charge on any atom is -0.496 e. The number of hydrogen-bond donors (Lipinski definition) is 0. The molecule has 0 spiro atoms. The van der Waals surface area contributed by atoms with Crippen LogP contribution < -0.4 is 0 Å². The SMILES string of the molecule is CC[C@@H](C)[C@H](C)N(C(=O)C1=C(C)OCCS1(=O)=O)C1CC1. The fourth-order valence-electron chi connectivity index (χ4n) is 2.74. The molecule has 0 aromatic carbocycles. The quantitative estimate of drug-likeness (QED) is 0.779. The molecule has 5 nitrogen and oxygen atoms in total. The average Bonchev–Trinajstić information content (AvgIpc) is 3.21. The molecule has 1 aliphatic carbocycles. The van der Waals surface area contributed by atoms with Crippen LogP contribution in [0.3, 0.4) is 0 Å². The summed E-state index contributed by atoms with van der Waals surface area (Å²) in [5, 5.41) is 0. The van der Waals surface area contributed by atoms with Crippen molar-refractivity contribution in [3.05, 3.63) is 10.7 Å². The normalized spacial score (nSPS) is 24.2. The van der Waals surface area contributed by atoms with E-state index in [1.54, 1.807) is 11.8 Å². The van der Waals surface area contributed by atoms with Crippen LogP contribution in [-0.4, -0.2) is 43.7 Å². The number of carbonyl (C=O) groups excluding carboxylic acids is 1. The number of rotatable bonds is 5. The van der Waals surface area contributed by atoms with Crippen LogP contribution in [0.1, 0.15) is 47.0 Å². The van der Waals surface area contributed by atoms with E-state index in [4.69, 9.17) is 4.74 Å². The average molecular weight is 315 g/mol. The number of carbonyl (C=O) groups is 1. The molecule has 2 rings (SSSR count). The van der Waals surface area contributed by atoms with Gasteiger partial charge < -0.3 is 9.64 Å². The summed E-state index contributed by atoms with van der Waals surface area (Å²) in [5.41, 5.74) is 0. The van der Waals surface area contributed by atoms with Crippen LogP contribution in [0.25, 0.3) is 0 Å². The van der Waals surface area contributed by atoms with Gasteiger partial charge in [-0.05, 0) is 32.6 Å². The van der Waals surface area contributed by atoms with Gasteiger partial charge in [-0.25, -0.2) is 8.42 Å². The molecule has 1 aliphatic heterocycles. The highest BCUT2D eigenvalue weighted by Crippen LogP contribution is 2.34. The number of hydrogen-bond acceptors (Lipinski definition) is 4. The Hall–Kier alpha value is -1.04. The lowest BCUT2D eigenvalue weighted by Crippen LogP contribution is -2.46. The molecule has 0 bridgehead atoms. The van der Waals surface area contributed by atoms with E-state index in [0.29, 0.717) is 5.92 Å². The van der Waals surface area contributed by atoms with Gasteiger partial charge in [0.25, 0.3) is 5.91 Å². The molecule has 0 unspecified atom stereocenters. The van der Waals surface area contributed by atoms with Crippen LogP contribution in [-0.2, 0) is 19.4 Å². The largest absolute Gasteiger partial charge is 0.496 e. The Morgan fingerprint density at radius 2 is 2.00 bits per heavy atom. The minimum absolute atomic E-state index is 0.0347. The molecule has 1 heterocycles. The van der Waals surface area contributed by atoms with E-state index in [1.165, 1.54) is 0 Å². The van der Waals surface area contributed by atoms with Crippen molar-refractivity contribution < 1.29 is 17.9 Å². The highest BCUT2D eigenvalue weighted by atomic mass is 32.2. The second-order valence-corrected chi connectivity index (χ2v) is 8.17. The molecular formula is C15H25NO4S. The van der Waals surface area contributed by atoms with Gasteiger partial charge in [0.05, 0.1) is 5.75 Å². The van der Waals surface area contributed by atoms with Crippen molar-refractivity contribution in [2.24, 2.45) is 5.92 Å². The molecule has 0 aromatic rings. The zero-order valence-electron chi connectivity index (χ0n) is 13.3. The van der Waals surface area contributed by atoms with Gasteiger partial charge >= 0.3 is 0 Å². The molecule has 0 saturated heterocycles. The zero-order valence-corrected chi connectivity index (χ0v) is 14.1. The predicted octanol–water partition coefficient (Wildman–Crippen LogP) is 2.09. The smallest absolute Gasteiger partial charge is 0.269 e. The third-order valence-electron chi connectivity index (χ3n) is 4.58. The molecule has 0 N–H and O–H groups in total.